The predicted octanol–water partition coefficient (Wildman–Crippen LogP) is 0.0732. The molecule has 3 amide bonds. The Kier molecular flexibility index (Phi) is 5.10. The third-order valence-electron chi connectivity index (χ3n) is 4.41. The Morgan fingerprint density at radius 1 is 0.875 bits per heavy atom. The highest BCUT2D eigenvalue weighted by Crippen LogP contribution is 2.13. The smallest absolute Gasteiger partial charge is 0.254 e. The second kappa shape index (κ2) is 7.44. The van der Waals surface area contributed by atoms with Crippen LogP contribution in [0.1, 0.15) is 20.7 Å². The molecule has 1 aromatic rings. The van der Waals surface area contributed by atoms with Crippen molar-refractivity contribution in [3.05, 3.63) is 35.4 Å². The number of ether oxygens (including phenoxy) is 1. The minimum Gasteiger partial charge on any atom is -0.378 e. The summed E-state index contributed by atoms with van der Waals surface area (Å²) in [5.41, 5.74) is 1.03. The summed E-state index contributed by atoms with van der Waals surface area (Å²) in [6.07, 6.45) is 0.809. The number of morpholine rings is 1. The van der Waals surface area contributed by atoms with Gasteiger partial charge in [-0.1, -0.05) is 6.07 Å². The van der Waals surface area contributed by atoms with E-state index in [-0.39, 0.29) is 11.8 Å². The fourth-order valence-corrected chi connectivity index (χ4v) is 2.95. The monoisotopic (exact) mass is 331 g/mol. The van der Waals surface area contributed by atoms with Crippen molar-refractivity contribution < 1.29 is 19.1 Å². The van der Waals surface area contributed by atoms with E-state index in [0.29, 0.717) is 63.6 Å². The first-order valence-electron chi connectivity index (χ1n) is 8.15. The molecule has 0 saturated carbocycles. The van der Waals surface area contributed by atoms with Gasteiger partial charge in [0.1, 0.15) is 0 Å². The molecule has 128 valence electrons. The summed E-state index contributed by atoms with van der Waals surface area (Å²) >= 11 is 0. The van der Waals surface area contributed by atoms with Crippen molar-refractivity contribution in [3.8, 4) is 0 Å². The molecule has 3 rings (SSSR count). The number of carbonyl (C=O) groups excluding carboxylic acids is 3. The number of amides is 3. The summed E-state index contributed by atoms with van der Waals surface area (Å²) in [6, 6.07) is 6.86. The Balaban J connectivity index is 1.69. The van der Waals surface area contributed by atoms with Crippen molar-refractivity contribution in [2.24, 2.45) is 0 Å². The molecule has 24 heavy (non-hydrogen) atoms. The number of carbonyl (C=O) groups is 3. The maximum Gasteiger partial charge on any atom is 0.254 e. The van der Waals surface area contributed by atoms with Gasteiger partial charge in [-0.15, -0.1) is 0 Å². The zero-order valence-electron chi connectivity index (χ0n) is 13.5. The lowest BCUT2D eigenvalue weighted by molar-refractivity contribution is -0.119. The SMILES string of the molecule is O=CN1CCN(C(=O)c2cccc(C(=O)N3CCOCC3)c2)CC1. The second-order valence-electron chi connectivity index (χ2n) is 5.92. The van der Waals surface area contributed by atoms with Crippen LogP contribution in [-0.2, 0) is 9.53 Å². The van der Waals surface area contributed by atoms with Crippen LogP contribution in [-0.4, -0.2) is 85.4 Å². The van der Waals surface area contributed by atoms with Gasteiger partial charge in [-0.25, -0.2) is 0 Å². The zero-order chi connectivity index (χ0) is 16.9. The van der Waals surface area contributed by atoms with Gasteiger partial charge >= 0.3 is 0 Å². The van der Waals surface area contributed by atoms with E-state index < -0.39 is 0 Å². The van der Waals surface area contributed by atoms with Crippen LogP contribution in [0, 0.1) is 0 Å². The molecule has 7 heteroatoms. The first-order chi connectivity index (χ1) is 11.7. The molecule has 0 unspecified atom stereocenters. The van der Waals surface area contributed by atoms with Crippen LogP contribution >= 0.6 is 0 Å². The Morgan fingerprint density at radius 2 is 1.42 bits per heavy atom. The molecule has 0 radical (unpaired) electrons. The molecule has 0 aliphatic carbocycles. The van der Waals surface area contributed by atoms with Crippen LogP contribution in [0.15, 0.2) is 24.3 Å². The molecule has 2 aliphatic rings. The van der Waals surface area contributed by atoms with Crippen molar-refractivity contribution in [2.75, 3.05) is 52.5 Å². The van der Waals surface area contributed by atoms with Gasteiger partial charge in [0.2, 0.25) is 6.41 Å². The normalized spacial score (nSPS) is 18.4. The van der Waals surface area contributed by atoms with Crippen LogP contribution in [0.5, 0.6) is 0 Å². The quantitative estimate of drug-likeness (QED) is 0.735. The van der Waals surface area contributed by atoms with Gasteiger partial charge in [0, 0.05) is 50.4 Å². The Bertz CT molecular complexity index is 620. The van der Waals surface area contributed by atoms with E-state index in [2.05, 4.69) is 0 Å². The van der Waals surface area contributed by atoms with Gasteiger partial charge in [0.25, 0.3) is 11.8 Å². The van der Waals surface area contributed by atoms with E-state index in [1.54, 1.807) is 39.0 Å². The van der Waals surface area contributed by atoms with Crippen LogP contribution in [0.4, 0.5) is 0 Å². The van der Waals surface area contributed by atoms with Crippen LogP contribution < -0.4 is 0 Å². The number of rotatable bonds is 3. The lowest BCUT2D eigenvalue weighted by Crippen LogP contribution is -2.48. The van der Waals surface area contributed by atoms with Crippen LogP contribution in [0.25, 0.3) is 0 Å². The van der Waals surface area contributed by atoms with Gasteiger partial charge in [-0.05, 0) is 18.2 Å². The molecule has 2 saturated heterocycles. The molecule has 0 spiro atoms. The van der Waals surface area contributed by atoms with E-state index in [1.165, 1.54) is 0 Å². The second-order valence-corrected chi connectivity index (χ2v) is 5.92. The van der Waals surface area contributed by atoms with Gasteiger partial charge in [0.05, 0.1) is 13.2 Å². The molecule has 0 bridgehead atoms. The lowest BCUT2D eigenvalue weighted by Gasteiger charge is -2.32. The zero-order valence-corrected chi connectivity index (χ0v) is 13.5. The first-order valence-corrected chi connectivity index (χ1v) is 8.15. The van der Waals surface area contributed by atoms with E-state index in [9.17, 15) is 14.4 Å². The van der Waals surface area contributed by atoms with Gasteiger partial charge in [-0.2, -0.15) is 0 Å². The Labute approximate surface area is 140 Å². The van der Waals surface area contributed by atoms with Crippen LogP contribution in [0.3, 0.4) is 0 Å². The van der Waals surface area contributed by atoms with Crippen molar-refractivity contribution in [1.29, 1.82) is 0 Å². The largest absolute Gasteiger partial charge is 0.378 e. The topological polar surface area (TPSA) is 70.2 Å². The molecule has 2 fully saturated rings. The highest BCUT2D eigenvalue weighted by Gasteiger charge is 2.23. The summed E-state index contributed by atoms with van der Waals surface area (Å²) in [5.74, 6) is -0.170. The third kappa shape index (κ3) is 3.56. The molecule has 7 nitrogen and oxygen atoms in total. The molecule has 0 aromatic heterocycles. The van der Waals surface area contributed by atoms with Crippen LogP contribution in [0.2, 0.25) is 0 Å². The van der Waals surface area contributed by atoms with Crippen molar-refractivity contribution in [3.63, 3.8) is 0 Å². The molecule has 2 heterocycles. The third-order valence-corrected chi connectivity index (χ3v) is 4.41. The van der Waals surface area contributed by atoms with Gasteiger partial charge < -0.3 is 19.4 Å². The molecular formula is C17H21N3O4. The molecule has 2 aliphatic heterocycles. The summed E-state index contributed by atoms with van der Waals surface area (Å²) in [5, 5.41) is 0. The maximum absolute atomic E-state index is 12.6. The Hall–Kier alpha value is -2.41. The summed E-state index contributed by atoms with van der Waals surface area (Å²) in [4.78, 5) is 41.0. The van der Waals surface area contributed by atoms with E-state index >= 15 is 0 Å². The number of hydrogen-bond donors (Lipinski definition) is 0. The Morgan fingerprint density at radius 3 is 1.96 bits per heavy atom. The van der Waals surface area contributed by atoms with Crippen molar-refractivity contribution >= 4 is 18.2 Å². The van der Waals surface area contributed by atoms with E-state index in [0.717, 1.165) is 6.41 Å². The van der Waals surface area contributed by atoms with Gasteiger partial charge in [0.15, 0.2) is 0 Å². The summed E-state index contributed by atoms with van der Waals surface area (Å²) in [6.45, 7) is 4.35. The highest BCUT2D eigenvalue weighted by atomic mass is 16.5. The average molecular weight is 331 g/mol. The number of piperazine rings is 1. The molecule has 0 N–H and O–H groups in total. The van der Waals surface area contributed by atoms with Crippen molar-refractivity contribution in [2.45, 2.75) is 0 Å². The van der Waals surface area contributed by atoms with Crippen molar-refractivity contribution in [1.82, 2.24) is 14.7 Å². The summed E-state index contributed by atoms with van der Waals surface area (Å²) < 4.78 is 5.26. The lowest BCUT2D eigenvalue weighted by atomic mass is 10.1. The first kappa shape index (κ1) is 16.4. The fourth-order valence-electron chi connectivity index (χ4n) is 2.95. The number of benzene rings is 1. The standard InChI is InChI=1S/C17H21N3O4/c21-13-18-4-6-19(7-5-18)16(22)14-2-1-3-15(12-14)17(23)20-8-10-24-11-9-20/h1-3,12-13H,4-11H2. The molecular weight excluding hydrogens is 310 g/mol. The minimum absolute atomic E-state index is 0.0706. The maximum atomic E-state index is 12.6. The van der Waals surface area contributed by atoms with E-state index in [1.807, 2.05) is 0 Å². The van der Waals surface area contributed by atoms with Gasteiger partial charge in [-0.3, -0.25) is 14.4 Å². The minimum atomic E-state index is -0.0998. The molecule has 1 aromatic carbocycles. The fraction of sp³-hybridized carbons (Fsp3) is 0.471. The predicted molar refractivity (Wildman–Crippen MR) is 86.7 cm³/mol. The summed E-state index contributed by atoms with van der Waals surface area (Å²) in [7, 11) is 0. The molecule has 0 atom stereocenters. The average Bonchev–Trinajstić information content (AvgIpc) is 2.67. The van der Waals surface area contributed by atoms with E-state index in [4.69, 9.17) is 4.74 Å². The number of nitrogens with zero attached hydrogens (tertiary/aromatic N) is 3. The number of hydrogen-bond acceptors (Lipinski definition) is 4. The highest BCUT2D eigenvalue weighted by molar-refractivity contribution is 5.99.